The Morgan fingerprint density at radius 3 is 2.33 bits per heavy atom. The van der Waals surface area contributed by atoms with Gasteiger partial charge in [0.2, 0.25) is 5.91 Å². The maximum Gasteiger partial charge on any atom is 0.433 e. The Balaban J connectivity index is 1.19. The molecule has 4 aromatic rings. The smallest absolute Gasteiger partial charge is 0.338 e. The quantitative estimate of drug-likeness (QED) is 0.340. The van der Waals surface area contributed by atoms with E-state index in [4.69, 9.17) is 0 Å². The Labute approximate surface area is 227 Å². The number of aromatic nitrogens is 5. The number of rotatable bonds is 6. The zero-order valence-corrected chi connectivity index (χ0v) is 21.9. The Hall–Kier alpha value is -4.55. The van der Waals surface area contributed by atoms with E-state index in [1.165, 1.54) is 10.7 Å². The second-order valence-electron chi connectivity index (χ2n) is 9.69. The third kappa shape index (κ3) is 5.72. The standard InChI is InChI=1S/C27H26F3N7O3/c1-17-12-22(32-34(17)2)26(40)36-10-8-35(9-11-36)25(39)16-37-15-19-13-18(6-7-20(19)33-37)14-23(38)21-4-3-5-24(31-21)27(28,29)30/h3-7,12-13,15H,8-11,14,16H2,1-2H3. The van der Waals surface area contributed by atoms with Gasteiger partial charge in [-0.1, -0.05) is 12.1 Å². The molecule has 2 amide bonds. The van der Waals surface area contributed by atoms with Gasteiger partial charge in [-0.25, -0.2) is 4.98 Å². The first-order valence-electron chi connectivity index (χ1n) is 12.6. The fraction of sp³-hybridized carbons (Fsp3) is 0.333. The van der Waals surface area contributed by atoms with Crippen molar-refractivity contribution in [2.75, 3.05) is 26.2 Å². The van der Waals surface area contributed by atoms with E-state index < -0.39 is 17.7 Å². The van der Waals surface area contributed by atoms with Crippen LogP contribution in [0.1, 0.15) is 37.9 Å². The number of fused-ring (bicyclic) bond motifs is 1. The van der Waals surface area contributed by atoms with Gasteiger partial charge >= 0.3 is 6.18 Å². The maximum atomic E-state index is 12.9. The topological polar surface area (TPSA) is 106 Å². The third-order valence-electron chi connectivity index (χ3n) is 6.86. The van der Waals surface area contributed by atoms with Gasteiger partial charge in [0.15, 0.2) is 11.5 Å². The summed E-state index contributed by atoms with van der Waals surface area (Å²) in [5.74, 6) is -0.837. The average molecular weight is 554 g/mol. The molecule has 1 aromatic carbocycles. The summed E-state index contributed by atoms with van der Waals surface area (Å²) in [7, 11) is 1.78. The van der Waals surface area contributed by atoms with Gasteiger partial charge in [-0.2, -0.15) is 23.4 Å². The minimum absolute atomic E-state index is 0.00444. The molecule has 10 nitrogen and oxygen atoms in total. The van der Waals surface area contributed by atoms with E-state index in [0.717, 1.165) is 17.8 Å². The number of amides is 2. The zero-order chi connectivity index (χ0) is 28.6. The van der Waals surface area contributed by atoms with Gasteiger partial charge < -0.3 is 9.80 Å². The molecular formula is C27H26F3N7O3. The summed E-state index contributed by atoms with van der Waals surface area (Å²) in [4.78, 5) is 45.1. The Morgan fingerprint density at radius 1 is 0.925 bits per heavy atom. The predicted octanol–water partition coefficient (Wildman–Crippen LogP) is 2.90. The van der Waals surface area contributed by atoms with Crippen LogP contribution in [0.15, 0.2) is 48.7 Å². The number of carbonyl (C=O) groups is 3. The number of carbonyl (C=O) groups excluding carboxylic acids is 3. The van der Waals surface area contributed by atoms with Crippen LogP contribution in [0.2, 0.25) is 0 Å². The lowest BCUT2D eigenvalue weighted by molar-refractivity contribution is -0.141. The van der Waals surface area contributed by atoms with Crippen molar-refractivity contribution in [1.82, 2.24) is 34.3 Å². The van der Waals surface area contributed by atoms with E-state index in [0.29, 0.717) is 48.3 Å². The number of hydrogen-bond donors (Lipinski definition) is 0. The lowest BCUT2D eigenvalue weighted by atomic mass is 10.0. The first-order chi connectivity index (χ1) is 19.0. The average Bonchev–Trinajstić information content (AvgIpc) is 3.49. The predicted molar refractivity (Wildman–Crippen MR) is 137 cm³/mol. The number of ketones is 1. The molecule has 5 rings (SSSR count). The number of aryl methyl sites for hydroxylation is 2. The highest BCUT2D eigenvalue weighted by molar-refractivity contribution is 5.96. The molecule has 1 saturated heterocycles. The first-order valence-corrected chi connectivity index (χ1v) is 12.6. The van der Waals surface area contributed by atoms with E-state index in [9.17, 15) is 27.6 Å². The number of piperazine rings is 1. The molecule has 0 N–H and O–H groups in total. The van der Waals surface area contributed by atoms with Gasteiger partial charge in [-0.3, -0.25) is 23.7 Å². The van der Waals surface area contributed by atoms with Gasteiger partial charge in [0.05, 0.1) is 5.52 Å². The molecule has 4 heterocycles. The van der Waals surface area contributed by atoms with Gasteiger partial charge in [0, 0.05) is 56.9 Å². The minimum atomic E-state index is -4.63. The van der Waals surface area contributed by atoms with Gasteiger partial charge in [-0.05, 0) is 42.8 Å². The number of Topliss-reactive ketones (excluding diaryl/α,β-unsaturated/α-hetero) is 1. The molecule has 0 bridgehead atoms. The fourth-order valence-corrected chi connectivity index (χ4v) is 4.57. The van der Waals surface area contributed by atoms with Crippen molar-refractivity contribution in [3.05, 3.63) is 77.0 Å². The zero-order valence-electron chi connectivity index (χ0n) is 21.9. The van der Waals surface area contributed by atoms with Crippen LogP contribution in [-0.2, 0) is 31.0 Å². The molecular weight excluding hydrogens is 527 g/mol. The highest BCUT2D eigenvalue weighted by Gasteiger charge is 2.33. The van der Waals surface area contributed by atoms with Crippen LogP contribution in [0.5, 0.6) is 0 Å². The van der Waals surface area contributed by atoms with Crippen LogP contribution in [0, 0.1) is 6.92 Å². The van der Waals surface area contributed by atoms with Crippen molar-refractivity contribution in [2.24, 2.45) is 7.05 Å². The Bertz CT molecular complexity index is 1580. The van der Waals surface area contributed by atoms with Gasteiger partial charge in [0.1, 0.15) is 17.9 Å². The summed E-state index contributed by atoms with van der Waals surface area (Å²) in [6.07, 6.45) is -3.08. The molecule has 40 heavy (non-hydrogen) atoms. The van der Waals surface area contributed by atoms with Crippen molar-refractivity contribution in [1.29, 1.82) is 0 Å². The molecule has 1 aliphatic rings. The largest absolute Gasteiger partial charge is 0.433 e. The molecule has 3 aromatic heterocycles. The van der Waals surface area contributed by atoms with Gasteiger partial charge in [-0.15, -0.1) is 0 Å². The lowest BCUT2D eigenvalue weighted by Crippen LogP contribution is -2.51. The second kappa shape index (κ2) is 10.5. The number of nitrogens with zero attached hydrogens (tertiary/aromatic N) is 7. The molecule has 0 unspecified atom stereocenters. The first kappa shape index (κ1) is 27.0. The number of pyridine rings is 1. The van der Waals surface area contributed by atoms with Crippen molar-refractivity contribution >= 4 is 28.5 Å². The number of halogens is 3. The van der Waals surface area contributed by atoms with E-state index in [2.05, 4.69) is 15.2 Å². The number of benzene rings is 1. The molecule has 0 radical (unpaired) electrons. The second-order valence-corrected chi connectivity index (χ2v) is 9.69. The summed E-state index contributed by atoms with van der Waals surface area (Å²) in [6, 6.07) is 10.1. The molecule has 1 aliphatic heterocycles. The summed E-state index contributed by atoms with van der Waals surface area (Å²) in [5.41, 5.74) is 1.10. The molecule has 0 saturated carbocycles. The van der Waals surface area contributed by atoms with Crippen molar-refractivity contribution < 1.29 is 27.6 Å². The number of hydrogen-bond acceptors (Lipinski definition) is 6. The Kier molecular flexibility index (Phi) is 7.13. The molecule has 208 valence electrons. The van der Waals surface area contributed by atoms with Crippen molar-refractivity contribution in [3.8, 4) is 0 Å². The fourth-order valence-electron chi connectivity index (χ4n) is 4.57. The SMILES string of the molecule is Cc1cc(C(=O)N2CCN(C(=O)Cn3cc4cc(CC(=O)c5cccc(C(F)(F)F)n5)ccc4n3)CC2)nn1C. The summed E-state index contributed by atoms with van der Waals surface area (Å²) in [6.45, 7) is 3.47. The van der Waals surface area contributed by atoms with E-state index >= 15 is 0 Å². The third-order valence-corrected chi connectivity index (χ3v) is 6.86. The van der Waals surface area contributed by atoms with E-state index in [1.807, 2.05) is 6.92 Å². The summed E-state index contributed by atoms with van der Waals surface area (Å²) < 4.78 is 42.0. The normalized spacial score (nSPS) is 14.1. The van der Waals surface area contributed by atoms with Crippen molar-refractivity contribution in [2.45, 2.75) is 26.1 Å². The van der Waals surface area contributed by atoms with Crippen LogP contribution in [-0.4, -0.2) is 78.1 Å². The van der Waals surface area contributed by atoms with Crippen LogP contribution in [0.25, 0.3) is 10.9 Å². The highest BCUT2D eigenvalue weighted by Crippen LogP contribution is 2.27. The maximum absolute atomic E-state index is 12.9. The van der Waals surface area contributed by atoms with Gasteiger partial charge in [0.25, 0.3) is 5.91 Å². The molecule has 0 aliphatic carbocycles. The van der Waals surface area contributed by atoms with Crippen LogP contribution in [0.4, 0.5) is 13.2 Å². The number of alkyl halides is 3. The van der Waals surface area contributed by atoms with Crippen molar-refractivity contribution in [3.63, 3.8) is 0 Å². The van der Waals surface area contributed by atoms with Crippen LogP contribution >= 0.6 is 0 Å². The molecule has 0 atom stereocenters. The van der Waals surface area contributed by atoms with E-state index in [1.54, 1.807) is 52.0 Å². The molecule has 0 spiro atoms. The minimum Gasteiger partial charge on any atom is -0.338 e. The molecule has 13 heteroatoms. The van der Waals surface area contributed by atoms with Crippen LogP contribution < -0.4 is 0 Å². The molecule has 1 fully saturated rings. The van der Waals surface area contributed by atoms with E-state index in [-0.39, 0.29) is 30.5 Å². The summed E-state index contributed by atoms with van der Waals surface area (Å²) >= 11 is 0. The monoisotopic (exact) mass is 553 g/mol. The highest BCUT2D eigenvalue weighted by atomic mass is 19.4. The Morgan fingerprint density at radius 2 is 1.65 bits per heavy atom. The summed E-state index contributed by atoms with van der Waals surface area (Å²) in [5, 5.41) is 9.36. The van der Waals surface area contributed by atoms with Crippen LogP contribution in [0.3, 0.4) is 0 Å². The lowest BCUT2D eigenvalue weighted by Gasteiger charge is -2.34.